The fourth-order valence-electron chi connectivity index (χ4n) is 1.47. The zero-order chi connectivity index (χ0) is 13.9. The molecule has 0 saturated carbocycles. The molecule has 0 atom stereocenters. The SMILES string of the molecule is COc1ccc(S(=O)(=O)NCc2ccoc2)cc1Br. The summed E-state index contributed by atoms with van der Waals surface area (Å²) in [6, 6.07) is 6.28. The van der Waals surface area contributed by atoms with Crippen LogP contribution in [0.4, 0.5) is 0 Å². The third kappa shape index (κ3) is 3.37. The fraction of sp³-hybridized carbons (Fsp3) is 0.167. The number of methoxy groups -OCH3 is 1. The van der Waals surface area contributed by atoms with Gasteiger partial charge < -0.3 is 9.15 Å². The van der Waals surface area contributed by atoms with Crippen molar-refractivity contribution in [1.29, 1.82) is 0 Å². The van der Waals surface area contributed by atoms with Crippen molar-refractivity contribution < 1.29 is 17.6 Å². The largest absolute Gasteiger partial charge is 0.496 e. The van der Waals surface area contributed by atoms with Gasteiger partial charge in [-0.05, 0) is 40.2 Å². The molecule has 1 N–H and O–H groups in total. The molecule has 102 valence electrons. The Morgan fingerprint density at radius 3 is 2.74 bits per heavy atom. The quantitative estimate of drug-likeness (QED) is 0.903. The maximum absolute atomic E-state index is 12.1. The maximum Gasteiger partial charge on any atom is 0.240 e. The number of nitrogens with one attached hydrogen (secondary N) is 1. The Hall–Kier alpha value is -1.31. The molecule has 0 saturated heterocycles. The second-order valence-corrected chi connectivity index (χ2v) is 6.37. The van der Waals surface area contributed by atoms with E-state index in [0.29, 0.717) is 10.2 Å². The topological polar surface area (TPSA) is 68.5 Å². The van der Waals surface area contributed by atoms with Crippen LogP contribution in [0.2, 0.25) is 0 Å². The second-order valence-electron chi connectivity index (χ2n) is 3.75. The lowest BCUT2D eigenvalue weighted by Crippen LogP contribution is -2.23. The minimum absolute atomic E-state index is 0.170. The van der Waals surface area contributed by atoms with E-state index in [2.05, 4.69) is 20.7 Å². The normalized spacial score (nSPS) is 11.5. The van der Waals surface area contributed by atoms with Crippen LogP contribution in [-0.4, -0.2) is 15.5 Å². The Labute approximate surface area is 119 Å². The Morgan fingerprint density at radius 2 is 2.16 bits per heavy atom. The number of ether oxygens (including phenoxy) is 1. The summed E-state index contributed by atoms with van der Waals surface area (Å²) in [5, 5.41) is 0. The first-order chi connectivity index (χ1) is 9.03. The van der Waals surface area contributed by atoms with Crippen LogP contribution in [0.3, 0.4) is 0 Å². The Bertz CT molecular complexity index is 652. The van der Waals surface area contributed by atoms with Crippen molar-refractivity contribution in [2.24, 2.45) is 0 Å². The number of hydrogen-bond donors (Lipinski definition) is 1. The molecule has 0 fully saturated rings. The van der Waals surface area contributed by atoms with E-state index in [1.165, 1.54) is 31.8 Å². The molecule has 0 aliphatic carbocycles. The second kappa shape index (κ2) is 5.77. The van der Waals surface area contributed by atoms with Crippen LogP contribution in [0.25, 0.3) is 0 Å². The standard InChI is InChI=1S/C12H12BrNO4S/c1-17-12-3-2-10(6-11(12)13)19(15,16)14-7-9-4-5-18-8-9/h2-6,8,14H,7H2,1H3. The summed E-state index contributed by atoms with van der Waals surface area (Å²) in [5.41, 5.74) is 0.760. The summed E-state index contributed by atoms with van der Waals surface area (Å²) in [7, 11) is -2.04. The van der Waals surface area contributed by atoms with Gasteiger partial charge in [-0.3, -0.25) is 0 Å². The lowest BCUT2D eigenvalue weighted by molar-refractivity contribution is 0.411. The van der Waals surface area contributed by atoms with Gasteiger partial charge in [-0.15, -0.1) is 0 Å². The number of hydrogen-bond acceptors (Lipinski definition) is 4. The van der Waals surface area contributed by atoms with Crippen LogP contribution in [0.1, 0.15) is 5.56 Å². The molecule has 0 unspecified atom stereocenters. The van der Waals surface area contributed by atoms with Crippen molar-refractivity contribution in [3.05, 3.63) is 46.8 Å². The maximum atomic E-state index is 12.1. The molecule has 1 aromatic carbocycles. The predicted molar refractivity (Wildman–Crippen MR) is 73.4 cm³/mol. The molecule has 0 spiro atoms. The molecule has 0 bridgehead atoms. The molecular weight excluding hydrogens is 334 g/mol. The highest BCUT2D eigenvalue weighted by atomic mass is 79.9. The van der Waals surface area contributed by atoms with Gasteiger partial charge in [-0.2, -0.15) is 0 Å². The molecule has 0 amide bonds. The molecule has 1 aromatic heterocycles. The van der Waals surface area contributed by atoms with Crippen LogP contribution in [0, 0.1) is 0 Å². The van der Waals surface area contributed by atoms with Crippen molar-refractivity contribution in [2.45, 2.75) is 11.4 Å². The van der Waals surface area contributed by atoms with Gasteiger partial charge in [-0.25, -0.2) is 13.1 Å². The molecular formula is C12H12BrNO4S. The lowest BCUT2D eigenvalue weighted by Gasteiger charge is -2.08. The van der Waals surface area contributed by atoms with Crippen molar-refractivity contribution >= 4 is 26.0 Å². The van der Waals surface area contributed by atoms with Gasteiger partial charge >= 0.3 is 0 Å². The summed E-state index contributed by atoms with van der Waals surface area (Å²) in [6.07, 6.45) is 2.99. The molecule has 0 radical (unpaired) electrons. The van der Waals surface area contributed by atoms with Gasteiger partial charge in [0.05, 0.1) is 29.0 Å². The molecule has 0 aliphatic rings. The number of furan rings is 1. The number of sulfonamides is 1. The van der Waals surface area contributed by atoms with E-state index in [1.807, 2.05) is 0 Å². The first-order valence-corrected chi connectivity index (χ1v) is 7.65. The first kappa shape index (κ1) is 14.1. The van der Waals surface area contributed by atoms with Gasteiger partial charge in [0, 0.05) is 12.1 Å². The van der Waals surface area contributed by atoms with Crippen LogP contribution in [0.15, 0.2) is 50.6 Å². The van der Waals surface area contributed by atoms with E-state index in [9.17, 15) is 8.42 Å². The molecule has 19 heavy (non-hydrogen) atoms. The summed E-state index contributed by atoms with van der Waals surface area (Å²) < 4.78 is 37.2. The van der Waals surface area contributed by atoms with Gasteiger partial charge in [0.1, 0.15) is 5.75 Å². The fourth-order valence-corrected chi connectivity index (χ4v) is 3.20. The van der Waals surface area contributed by atoms with Crippen molar-refractivity contribution in [1.82, 2.24) is 4.72 Å². The van der Waals surface area contributed by atoms with Gasteiger partial charge in [-0.1, -0.05) is 0 Å². The predicted octanol–water partition coefficient (Wildman–Crippen LogP) is 2.53. The molecule has 7 heteroatoms. The smallest absolute Gasteiger partial charge is 0.240 e. The Balaban J connectivity index is 2.17. The van der Waals surface area contributed by atoms with Crippen LogP contribution in [0.5, 0.6) is 5.75 Å². The van der Waals surface area contributed by atoms with E-state index in [0.717, 1.165) is 5.56 Å². The van der Waals surface area contributed by atoms with Gasteiger partial charge in [0.2, 0.25) is 10.0 Å². The molecule has 1 heterocycles. The number of rotatable bonds is 5. The third-order valence-corrected chi connectivity index (χ3v) is 4.50. The minimum Gasteiger partial charge on any atom is -0.496 e. The highest BCUT2D eigenvalue weighted by Crippen LogP contribution is 2.27. The average Bonchev–Trinajstić information content (AvgIpc) is 2.89. The summed E-state index contributed by atoms with van der Waals surface area (Å²) >= 11 is 3.26. The summed E-state index contributed by atoms with van der Waals surface area (Å²) in [6.45, 7) is 0.183. The van der Waals surface area contributed by atoms with Crippen LogP contribution < -0.4 is 9.46 Å². The Morgan fingerprint density at radius 1 is 1.37 bits per heavy atom. The first-order valence-electron chi connectivity index (χ1n) is 5.37. The molecule has 2 rings (SSSR count). The van der Waals surface area contributed by atoms with Crippen LogP contribution in [-0.2, 0) is 16.6 Å². The van der Waals surface area contributed by atoms with E-state index in [1.54, 1.807) is 12.1 Å². The lowest BCUT2D eigenvalue weighted by atomic mass is 10.3. The van der Waals surface area contributed by atoms with E-state index in [4.69, 9.17) is 9.15 Å². The van der Waals surface area contributed by atoms with E-state index >= 15 is 0 Å². The minimum atomic E-state index is -3.56. The molecule has 5 nitrogen and oxygen atoms in total. The highest BCUT2D eigenvalue weighted by molar-refractivity contribution is 9.10. The monoisotopic (exact) mass is 345 g/mol. The number of benzene rings is 1. The average molecular weight is 346 g/mol. The summed E-state index contributed by atoms with van der Waals surface area (Å²) in [5.74, 6) is 0.578. The highest BCUT2D eigenvalue weighted by Gasteiger charge is 2.15. The van der Waals surface area contributed by atoms with Gasteiger partial charge in [0.25, 0.3) is 0 Å². The van der Waals surface area contributed by atoms with Gasteiger partial charge in [0.15, 0.2) is 0 Å². The van der Waals surface area contributed by atoms with Crippen molar-refractivity contribution in [3.63, 3.8) is 0 Å². The zero-order valence-electron chi connectivity index (χ0n) is 10.1. The van der Waals surface area contributed by atoms with Crippen LogP contribution >= 0.6 is 15.9 Å². The number of halogens is 1. The summed E-state index contributed by atoms with van der Waals surface area (Å²) in [4.78, 5) is 0.170. The molecule has 0 aliphatic heterocycles. The van der Waals surface area contributed by atoms with Crippen molar-refractivity contribution in [3.8, 4) is 5.75 Å². The zero-order valence-corrected chi connectivity index (χ0v) is 12.5. The van der Waals surface area contributed by atoms with E-state index < -0.39 is 10.0 Å². The Kier molecular flexibility index (Phi) is 4.28. The van der Waals surface area contributed by atoms with E-state index in [-0.39, 0.29) is 11.4 Å². The molecule has 2 aromatic rings. The van der Waals surface area contributed by atoms with Crippen molar-refractivity contribution in [2.75, 3.05) is 7.11 Å². The third-order valence-electron chi connectivity index (χ3n) is 2.48.